The SMILES string of the molecule is Cc1cc(C)c(CCC2CCCN2)c(C)c1. The number of hydrogen-bond donors (Lipinski definition) is 1. The Bertz CT molecular complexity index is 339. The lowest BCUT2D eigenvalue weighted by molar-refractivity contribution is 0.558. The van der Waals surface area contributed by atoms with Gasteiger partial charge in [0.1, 0.15) is 0 Å². The average Bonchev–Trinajstić information content (AvgIpc) is 2.68. The highest BCUT2D eigenvalue weighted by atomic mass is 14.9. The number of nitrogens with one attached hydrogen (secondary N) is 1. The zero-order valence-electron chi connectivity index (χ0n) is 10.8. The Morgan fingerprint density at radius 2 is 1.88 bits per heavy atom. The van der Waals surface area contributed by atoms with Gasteiger partial charge in [0.25, 0.3) is 0 Å². The van der Waals surface area contributed by atoms with Crippen LogP contribution in [-0.4, -0.2) is 12.6 Å². The second kappa shape index (κ2) is 5.01. The monoisotopic (exact) mass is 217 g/mol. The van der Waals surface area contributed by atoms with Crippen LogP contribution >= 0.6 is 0 Å². The van der Waals surface area contributed by atoms with Crippen molar-refractivity contribution in [1.29, 1.82) is 0 Å². The first-order valence-corrected chi connectivity index (χ1v) is 6.47. The fraction of sp³-hybridized carbons (Fsp3) is 0.600. The Labute approximate surface area is 99.3 Å². The highest BCUT2D eigenvalue weighted by Crippen LogP contribution is 2.20. The van der Waals surface area contributed by atoms with E-state index < -0.39 is 0 Å². The number of hydrogen-bond acceptors (Lipinski definition) is 1. The summed E-state index contributed by atoms with van der Waals surface area (Å²) in [4.78, 5) is 0. The van der Waals surface area contributed by atoms with Gasteiger partial charge in [-0.25, -0.2) is 0 Å². The molecule has 0 radical (unpaired) electrons. The van der Waals surface area contributed by atoms with Gasteiger partial charge in [-0.05, 0) is 69.7 Å². The van der Waals surface area contributed by atoms with Gasteiger partial charge in [-0.1, -0.05) is 17.7 Å². The van der Waals surface area contributed by atoms with E-state index in [1.807, 2.05) is 0 Å². The predicted molar refractivity (Wildman–Crippen MR) is 70.0 cm³/mol. The molecule has 0 spiro atoms. The summed E-state index contributed by atoms with van der Waals surface area (Å²) >= 11 is 0. The molecule has 1 unspecified atom stereocenters. The van der Waals surface area contributed by atoms with Crippen molar-refractivity contribution in [1.82, 2.24) is 5.32 Å². The van der Waals surface area contributed by atoms with E-state index >= 15 is 0 Å². The van der Waals surface area contributed by atoms with E-state index in [0.717, 1.165) is 6.04 Å². The standard InChI is InChI=1S/C15H23N/c1-11-9-12(2)15(13(3)10-11)7-6-14-5-4-8-16-14/h9-10,14,16H,4-8H2,1-3H3. The van der Waals surface area contributed by atoms with Crippen LogP contribution in [0.2, 0.25) is 0 Å². The van der Waals surface area contributed by atoms with Crippen molar-refractivity contribution < 1.29 is 0 Å². The van der Waals surface area contributed by atoms with E-state index in [0.29, 0.717) is 0 Å². The van der Waals surface area contributed by atoms with E-state index in [1.54, 1.807) is 5.56 Å². The smallest absolute Gasteiger partial charge is 0.00707 e. The molecular formula is C15H23N. The maximum atomic E-state index is 3.58. The van der Waals surface area contributed by atoms with Gasteiger partial charge < -0.3 is 5.32 Å². The molecular weight excluding hydrogens is 194 g/mol. The Balaban J connectivity index is 2.03. The lowest BCUT2D eigenvalue weighted by Gasteiger charge is -2.14. The molecule has 1 heterocycles. The van der Waals surface area contributed by atoms with Crippen LogP contribution in [0.15, 0.2) is 12.1 Å². The Hall–Kier alpha value is -0.820. The van der Waals surface area contributed by atoms with Crippen LogP contribution in [0, 0.1) is 20.8 Å². The molecule has 0 aromatic heterocycles. The summed E-state index contributed by atoms with van der Waals surface area (Å²) in [7, 11) is 0. The summed E-state index contributed by atoms with van der Waals surface area (Å²) < 4.78 is 0. The summed E-state index contributed by atoms with van der Waals surface area (Å²) in [5.41, 5.74) is 5.89. The highest BCUT2D eigenvalue weighted by molar-refractivity contribution is 5.37. The third-order valence-corrected chi connectivity index (χ3v) is 3.75. The molecule has 1 fully saturated rings. The molecule has 0 bridgehead atoms. The van der Waals surface area contributed by atoms with Crippen LogP contribution in [0.25, 0.3) is 0 Å². The van der Waals surface area contributed by atoms with Crippen LogP contribution in [-0.2, 0) is 6.42 Å². The van der Waals surface area contributed by atoms with E-state index in [-0.39, 0.29) is 0 Å². The van der Waals surface area contributed by atoms with Crippen molar-refractivity contribution in [2.45, 2.75) is 52.5 Å². The average molecular weight is 217 g/mol. The minimum atomic E-state index is 0.764. The fourth-order valence-electron chi connectivity index (χ4n) is 2.93. The summed E-state index contributed by atoms with van der Waals surface area (Å²) in [5.74, 6) is 0. The van der Waals surface area contributed by atoms with Gasteiger partial charge in [-0.2, -0.15) is 0 Å². The second-order valence-corrected chi connectivity index (χ2v) is 5.21. The molecule has 0 aliphatic carbocycles. The van der Waals surface area contributed by atoms with Gasteiger partial charge in [0, 0.05) is 6.04 Å². The highest BCUT2D eigenvalue weighted by Gasteiger charge is 2.14. The molecule has 1 nitrogen and oxygen atoms in total. The van der Waals surface area contributed by atoms with Crippen molar-refractivity contribution in [2.24, 2.45) is 0 Å². The molecule has 16 heavy (non-hydrogen) atoms. The third kappa shape index (κ3) is 2.65. The molecule has 1 saturated heterocycles. The fourth-order valence-corrected chi connectivity index (χ4v) is 2.93. The van der Waals surface area contributed by atoms with Crippen LogP contribution in [0.1, 0.15) is 41.5 Å². The van der Waals surface area contributed by atoms with Gasteiger partial charge in [0.05, 0.1) is 0 Å². The molecule has 1 aromatic rings. The van der Waals surface area contributed by atoms with Gasteiger partial charge in [-0.15, -0.1) is 0 Å². The molecule has 1 N–H and O–H groups in total. The minimum absolute atomic E-state index is 0.764. The predicted octanol–water partition coefficient (Wildman–Crippen LogP) is 3.30. The molecule has 0 saturated carbocycles. The Morgan fingerprint density at radius 1 is 1.19 bits per heavy atom. The van der Waals surface area contributed by atoms with E-state index in [4.69, 9.17) is 0 Å². The molecule has 1 aliphatic heterocycles. The largest absolute Gasteiger partial charge is 0.314 e. The van der Waals surface area contributed by atoms with E-state index in [9.17, 15) is 0 Å². The molecule has 1 aliphatic rings. The van der Waals surface area contributed by atoms with Crippen LogP contribution in [0.3, 0.4) is 0 Å². The van der Waals surface area contributed by atoms with Gasteiger partial charge in [-0.3, -0.25) is 0 Å². The molecule has 1 aromatic carbocycles. The van der Waals surface area contributed by atoms with Crippen molar-refractivity contribution in [2.75, 3.05) is 6.54 Å². The van der Waals surface area contributed by atoms with Crippen molar-refractivity contribution in [3.63, 3.8) is 0 Å². The molecule has 0 amide bonds. The topological polar surface area (TPSA) is 12.0 Å². The van der Waals surface area contributed by atoms with E-state index in [1.165, 1.54) is 48.9 Å². The lowest BCUT2D eigenvalue weighted by atomic mass is 9.94. The maximum absolute atomic E-state index is 3.58. The molecule has 1 heteroatoms. The second-order valence-electron chi connectivity index (χ2n) is 5.21. The Morgan fingerprint density at radius 3 is 2.44 bits per heavy atom. The van der Waals surface area contributed by atoms with Gasteiger partial charge in [0.15, 0.2) is 0 Å². The molecule has 1 atom stereocenters. The summed E-state index contributed by atoms with van der Waals surface area (Å²) in [6, 6.07) is 5.38. The van der Waals surface area contributed by atoms with Gasteiger partial charge >= 0.3 is 0 Å². The van der Waals surface area contributed by atoms with Crippen LogP contribution in [0.4, 0.5) is 0 Å². The number of rotatable bonds is 3. The number of aryl methyl sites for hydroxylation is 3. The van der Waals surface area contributed by atoms with Crippen LogP contribution in [0.5, 0.6) is 0 Å². The minimum Gasteiger partial charge on any atom is -0.314 e. The first-order chi connectivity index (χ1) is 7.66. The number of benzene rings is 1. The van der Waals surface area contributed by atoms with Gasteiger partial charge in [0.2, 0.25) is 0 Å². The maximum Gasteiger partial charge on any atom is 0.00707 e. The summed E-state index contributed by atoms with van der Waals surface area (Å²) in [6.07, 6.45) is 5.25. The quantitative estimate of drug-likeness (QED) is 0.819. The summed E-state index contributed by atoms with van der Waals surface area (Å²) in [6.45, 7) is 7.90. The van der Waals surface area contributed by atoms with Crippen molar-refractivity contribution in [3.8, 4) is 0 Å². The Kier molecular flexibility index (Phi) is 3.65. The first-order valence-electron chi connectivity index (χ1n) is 6.47. The van der Waals surface area contributed by atoms with E-state index in [2.05, 4.69) is 38.2 Å². The lowest BCUT2D eigenvalue weighted by Crippen LogP contribution is -2.22. The first kappa shape index (κ1) is 11.7. The summed E-state index contributed by atoms with van der Waals surface area (Å²) in [5, 5.41) is 3.58. The zero-order valence-corrected chi connectivity index (χ0v) is 10.8. The van der Waals surface area contributed by atoms with Crippen molar-refractivity contribution in [3.05, 3.63) is 34.4 Å². The van der Waals surface area contributed by atoms with Crippen LogP contribution < -0.4 is 5.32 Å². The zero-order chi connectivity index (χ0) is 11.5. The molecule has 2 rings (SSSR count). The van der Waals surface area contributed by atoms with Crippen molar-refractivity contribution >= 4 is 0 Å². The third-order valence-electron chi connectivity index (χ3n) is 3.75. The molecule has 88 valence electrons. The normalized spacial score (nSPS) is 20.3.